The fourth-order valence-corrected chi connectivity index (χ4v) is 7.19. The Balaban J connectivity index is 0.000000150. The minimum Gasteiger partial charge on any atom is -0.477 e. The van der Waals surface area contributed by atoms with Crippen LogP contribution in [0.1, 0.15) is 33.8 Å². The average Bonchev–Trinajstić information content (AvgIpc) is 3.91. The molecule has 3 N–H and O–H groups in total. The fraction of sp³-hybridized carbons (Fsp3) is 0.310. The van der Waals surface area contributed by atoms with Crippen LogP contribution in [-0.4, -0.2) is 94.4 Å². The number of rotatable bonds is 4. The van der Waals surface area contributed by atoms with Gasteiger partial charge >= 0.3 is 24.0 Å². The normalized spacial score (nSPS) is 18.5. The van der Waals surface area contributed by atoms with Gasteiger partial charge < -0.3 is 19.6 Å². The zero-order valence-electron chi connectivity index (χ0n) is 24.9. The van der Waals surface area contributed by atoms with E-state index < -0.39 is 11.9 Å². The molecule has 0 radical (unpaired) electrons. The first-order chi connectivity index (χ1) is 22.8. The molecule has 8 heterocycles. The van der Waals surface area contributed by atoms with E-state index >= 15 is 0 Å². The lowest BCUT2D eigenvalue weighted by atomic mass is 10.2. The molecular formula is C29H28N10O6S2. The van der Waals surface area contributed by atoms with Crippen molar-refractivity contribution in [2.45, 2.75) is 24.9 Å². The topological polar surface area (TPSA) is 186 Å². The number of amides is 4. The van der Waals surface area contributed by atoms with Crippen molar-refractivity contribution >= 4 is 79.9 Å². The number of hydrogen-bond acceptors (Lipinski definition) is 13. The van der Waals surface area contributed by atoms with Gasteiger partial charge in [-0.3, -0.25) is 20.4 Å². The lowest BCUT2D eigenvalue weighted by Crippen LogP contribution is -2.48. The Hall–Kier alpha value is -5.36. The maximum Gasteiger partial charge on any atom is 0.356 e. The SMILES string of the molecule is COC(=O)c1ccc2c(n1)N(C(=O)Nc1nccs1)[C@H]1CCN2C1.O=C(O)c1ccc2c(n1)N(C(=O)Nc1nccs1)[C@H]1CCN2C1. The van der Waals surface area contributed by atoms with E-state index in [-0.39, 0.29) is 35.5 Å². The zero-order valence-corrected chi connectivity index (χ0v) is 26.5. The van der Waals surface area contributed by atoms with Gasteiger partial charge in [-0.05, 0) is 37.1 Å². The molecular weight excluding hydrogens is 649 g/mol. The summed E-state index contributed by atoms with van der Waals surface area (Å²) in [6, 6.07) is 6.03. The van der Waals surface area contributed by atoms with Crippen LogP contribution in [0, 0.1) is 0 Å². The molecule has 4 aliphatic rings. The standard InChI is InChI=1S/C15H15N5O3S.C14H13N5O3S/c1-23-13(21)10-2-3-11-12(17-10)20(9-4-6-19(11)8-9)15(22)18-14-16-5-7-24-14;20-12(21)9-1-2-10-11(16-9)19(8-3-5-18(10)7-8)14(22)17-13-15-4-6-23-13/h2-3,5,7,9H,4,6,8H2,1H3,(H,16,18,22);1-2,4,6,8H,3,5,7H2,(H,20,21)(H,15,17,22)/t9-;8-/m00/s1. The molecule has 4 aliphatic heterocycles. The van der Waals surface area contributed by atoms with Crippen molar-refractivity contribution in [2.75, 3.05) is 63.5 Å². The van der Waals surface area contributed by atoms with Gasteiger partial charge in [0.25, 0.3) is 0 Å². The van der Waals surface area contributed by atoms with Crippen LogP contribution in [-0.2, 0) is 4.74 Å². The smallest absolute Gasteiger partial charge is 0.356 e. The van der Waals surface area contributed by atoms with Crippen molar-refractivity contribution in [1.82, 2.24) is 19.9 Å². The molecule has 0 aromatic carbocycles. The quantitative estimate of drug-likeness (QED) is 0.266. The Kier molecular flexibility index (Phi) is 8.02. The zero-order chi connectivity index (χ0) is 32.7. The van der Waals surface area contributed by atoms with Crippen molar-refractivity contribution in [3.63, 3.8) is 0 Å². The number of carbonyl (C=O) groups is 4. The molecule has 0 saturated carbocycles. The van der Waals surface area contributed by atoms with E-state index in [1.54, 1.807) is 45.1 Å². The van der Waals surface area contributed by atoms with Gasteiger partial charge in [-0.25, -0.2) is 39.1 Å². The molecule has 2 saturated heterocycles. The molecule has 4 aromatic heterocycles. The molecule has 4 amide bonds. The van der Waals surface area contributed by atoms with Crippen LogP contribution in [0.5, 0.6) is 0 Å². The number of pyridine rings is 2. The van der Waals surface area contributed by atoms with Crippen LogP contribution < -0.4 is 30.2 Å². The van der Waals surface area contributed by atoms with Gasteiger partial charge in [0.15, 0.2) is 33.3 Å². The molecule has 4 bridgehead atoms. The monoisotopic (exact) mass is 676 g/mol. The maximum atomic E-state index is 12.8. The fourth-order valence-electron chi connectivity index (χ4n) is 6.15. The molecule has 4 aromatic rings. The van der Waals surface area contributed by atoms with E-state index in [9.17, 15) is 19.2 Å². The van der Waals surface area contributed by atoms with Crippen molar-refractivity contribution in [2.24, 2.45) is 0 Å². The summed E-state index contributed by atoms with van der Waals surface area (Å²) in [6.45, 7) is 3.18. The second-order valence-electron chi connectivity index (χ2n) is 10.9. The lowest BCUT2D eigenvalue weighted by Gasteiger charge is -2.35. The Labute approximate surface area is 275 Å². The number of methoxy groups -OCH3 is 1. The summed E-state index contributed by atoms with van der Waals surface area (Å²) in [5, 5.41) is 19.3. The number of ether oxygens (including phenoxy) is 1. The van der Waals surface area contributed by atoms with E-state index in [0.29, 0.717) is 21.9 Å². The van der Waals surface area contributed by atoms with E-state index in [1.165, 1.54) is 35.8 Å². The van der Waals surface area contributed by atoms with Gasteiger partial charge in [-0.1, -0.05) is 0 Å². The highest BCUT2D eigenvalue weighted by Crippen LogP contribution is 2.40. The molecule has 8 rings (SSSR count). The number of anilines is 6. The number of nitrogens with one attached hydrogen (secondary N) is 2. The summed E-state index contributed by atoms with van der Waals surface area (Å²) in [4.78, 5) is 72.6. The predicted molar refractivity (Wildman–Crippen MR) is 175 cm³/mol. The molecule has 47 heavy (non-hydrogen) atoms. The van der Waals surface area contributed by atoms with Gasteiger partial charge in [0.05, 0.1) is 30.6 Å². The van der Waals surface area contributed by atoms with Crippen LogP contribution in [0.3, 0.4) is 0 Å². The summed E-state index contributed by atoms with van der Waals surface area (Å²) < 4.78 is 4.74. The van der Waals surface area contributed by atoms with Crippen LogP contribution in [0.4, 0.5) is 42.9 Å². The van der Waals surface area contributed by atoms with Crippen molar-refractivity contribution in [3.8, 4) is 0 Å². The Morgan fingerprint density at radius 3 is 1.72 bits per heavy atom. The van der Waals surface area contributed by atoms with Gasteiger partial charge in [-0.15, -0.1) is 22.7 Å². The average molecular weight is 677 g/mol. The van der Waals surface area contributed by atoms with E-state index in [1.807, 2.05) is 6.07 Å². The number of thiazole rings is 2. The Morgan fingerprint density at radius 1 is 0.787 bits per heavy atom. The van der Waals surface area contributed by atoms with Gasteiger partial charge in [-0.2, -0.15) is 0 Å². The van der Waals surface area contributed by atoms with Crippen molar-refractivity contribution in [3.05, 3.63) is 58.8 Å². The van der Waals surface area contributed by atoms with Crippen LogP contribution in [0.25, 0.3) is 0 Å². The second-order valence-corrected chi connectivity index (χ2v) is 12.7. The lowest BCUT2D eigenvalue weighted by molar-refractivity contribution is 0.0593. The summed E-state index contributed by atoms with van der Waals surface area (Å²) in [5.41, 5.74) is 1.76. The number of urea groups is 2. The van der Waals surface area contributed by atoms with Crippen LogP contribution in [0.15, 0.2) is 47.4 Å². The number of carbonyl (C=O) groups excluding carboxylic acids is 3. The van der Waals surface area contributed by atoms with Crippen molar-refractivity contribution in [1.29, 1.82) is 0 Å². The summed E-state index contributed by atoms with van der Waals surface area (Å²) in [5.74, 6) is -0.750. The molecule has 0 aliphatic carbocycles. The van der Waals surface area contributed by atoms with Crippen molar-refractivity contribution < 1.29 is 29.0 Å². The highest BCUT2D eigenvalue weighted by Gasteiger charge is 2.42. The second kappa shape index (κ2) is 12.4. The van der Waals surface area contributed by atoms with Gasteiger partial charge in [0.2, 0.25) is 0 Å². The number of fused-ring (bicyclic) bond motifs is 8. The van der Waals surface area contributed by atoms with Gasteiger partial charge in [0.1, 0.15) is 0 Å². The van der Waals surface area contributed by atoms with E-state index in [2.05, 4.69) is 40.4 Å². The molecule has 242 valence electrons. The molecule has 0 unspecified atom stereocenters. The first-order valence-electron chi connectivity index (χ1n) is 14.6. The summed E-state index contributed by atoms with van der Waals surface area (Å²) in [6.07, 6.45) is 4.93. The number of carboxylic acid groups (broad SMARTS) is 1. The number of hydrogen-bond donors (Lipinski definition) is 3. The largest absolute Gasteiger partial charge is 0.477 e. The summed E-state index contributed by atoms with van der Waals surface area (Å²) >= 11 is 2.68. The number of esters is 1. The third-order valence-corrected chi connectivity index (χ3v) is 9.62. The third kappa shape index (κ3) is 5.76. The Bertz CT molecular complexity index is 1840. The number of aromatic carboxylic acids is 1. The number of nitrogens with zero attached hydrogens (tertiary/aromatic N) is 8. The maximum absolute atomic E-state index is 12.8. The van der Waals surface area contributed by atoms with Gasteiger partial charge in [0, 0.05) is 49.3 Å². The molecule has 2 fully saturated rings. The van der Waals surface area contributed by atoms with E-state index in [4.69, 9.17) is 9.84 Å². The summed E-state index contributed by atoms with van der Waals surface area (Å²) in [7, 11) is 1.31. The minimum absolute atomic E-state index is 0.0148. The molecule has 16 nitrogen and oxygen atoms in total. The minimum atomic E-state index is -1.11. The highest BCUT2D eigenvalue weighted by molar-refractivity contribution is 7.14. The molecule has 2 atom stereocenters. The molecule has 18 heteroatoms. The van der Waals surface area contributed by atoms with Crippen LogP contribution in [0.2, 0.25) is 0 Å². The predicted octanol–water partition coefficient (Wildman–Crippen LogP) is 3.82. The van der Waals surface area contributed by atoms with E-state index in [0.717, 1.165) is 50.4 Å². The number of carboxylic acids is 1. The first-order valence-corrected chi connectivity index (χ1v) is 16.4. The van der Waals surface area contributed by atoms with Crippen LogP contribution >= 0.6 is 22.7 Å². The first kappa shape index (κ1) is 30.3. The molecule has 0 spiro atoms. The highest BCUT2D eigenvalue weighted by atomic mass is 32.1. The number of aromatic nitrogens is 4. The third-order valence-electron chi connectivity index (χ3n) is 8.25. The Morgan fingerprint density at radius 2 is 1.28 bits per heavy atom.